The van der Waals surface area contributed by atoms with E-state index < -0.39 is 0 Å². The van der Waals surface area contributed by atoms with Gasteiger partial charge in [0.05, 0.1) is 0 Å². The standard InChI is InChI=1S/C25H30N2O2/c28-24(26-15-5-2-6-16-26)22-9-11-23(12-10-22)25(29)27-17-13-21(14-18-27)19-20-7-3-1-4-8-20/h1,3-4,7-12,21H,2,5-6,13-19H2. The first-order chi connectivity index (χ1) is 14.2. The van der Waals surface area contributed by atoms with E-state index in [-0.39, 0.29) is 11.8 Å². The van der Waals surface area contributed by atoms with Gasteiger partial charge in [0.15, 0.2) is 0 Å². The van der Waals surface area contributed by atoms with Crippen molar-refractivity contribution in [3.8, 4) is 0 Å². The highest BCUT2D eigenvalue weighted by Gasteiger charge is 2.24. The third-order valence-corrected chi connectivity index (χ3v) is 6.29. The summed E-state index contributed by atoms with van der Waals surface area (Å²) in [5.41, 5.74) is 2.75. The number of hydrogen-bond acceptors (Lipinski definition) is 2. The van der Waals surface area contributed by atoms with Crippen molar-refractivity contribution in [1.82, 2.24) is 9.80 Å². The van der Waals surface area contributed by atoms with Gasteiger partial charge in [0.1, 0.15) is 0 Å². The number of rotatable bonds is 4. The minimum atomic E-state index is 0.0835. The quantitative estimate of drug-likeness (QED) is 0.776. The second kappa shape index (κ2) is 9.25. The highest BCUT2D eigenvalue weighted by atomic mass is 16.2. The molecule has 152 valence electrons. The topological polar surface area (TPSA) is 40.6 Å². The van der Waals surface area contributed by atoms with Gasteiger partial charge in [-0.25, -0.2) is 0 Å². The van der Waals surface area contributed by atoms with Crippen molar-refractivity contribution in [1.29, 1.82) is 0 Å². The second-order valence-corrected chi connectivity index (χ2v) is 8.36. The molecule has 2 amide bonds. The molecule has 0 aromatic heterocycles. The Morgan fingerprint density at radius 3 is 1.76 bits per heavy atom. The van der Waals surface area contributed by atoms with Gasteiger partial charge in [-0.05, 0) is 74.3 Å². The van der Waals surface area contributed by atoms with Crippen LogP contribution in [-0.2, 0) is 6.42 Å². The van der Waals surface area contributed by atoms with Crippen molar-refractivity contribution >= 4 is 11.8 Å². The molecule has 0 N–H and O–H groups in total. The molecule has 0 aliphatic carbocycles. The van der Waals surface area contributed by atoms with Gasteiger partial charge in [0, 0.05) is 37.3 Å². The van der Waals surface area contributed by atoms with Crippen LogP contribution in [0.2, 0.25) is 0 Å². The van der Waals surface area contributed by atoms with Crippen molar-refractivity contribution in [2.45, 2.75) is 38.5 Å². The summed E-state index contributed by atoms with van der Waals surface area (Å²) in [6, 6.07) is 17.9. The van der Waals surface area contributed by atoms with Crippen molar-refractivity contribution in [2.24, 2.45) is 5.92 Å². The first-order valence-electron chi connectivity index (χ1n) is 10.9. The summed E-state index contributed by atoms with van der Waals surface area (Å²) in [5, 5.41) is 0. The van der Waals surface area contributed by atoms with E-state index in [1.807, 2.05) is 34.1 Å². The molecule has 2 aliphatic heterocycles. The maximum atomic E-state index is 12.9. The van der Waals surface area contributed by atoms with Crippen molar-refractivity contribution < 1.29 is 9.59 Å². The van der Waals surface area contributed by atoms with Crippen molar-refractivity contribution in [3.63, 3.8) is 0 Å². The van der Waals surface area contributed by atoms with Gasteiger partial charge in [-0.1, -0.05) is 30.3 Å². The van der Waals surface area contributed by atoms with Gasteiger partial charge < -0.3 is 9.80 Å². The van der Waals surface area contributed by atoms with Crippen LogP contribution in [-0.4, -0.2) is 47.8 Å². The van der Waals surface area contributed by atoms with E-state index in [4.69, 9.17) is 0 Å². The fourth-order valence-electron chi connectivity index (χ4n) is 4.51. The zero-order valence-corrected chi connectivity index (χ0v) is 17.1. The maximum absolute atomic E-state index is 12.9. The summed E-state index contributed by atoms with van der Waals surface area (Å²) in [6.45, 7) is 3.31. The molecule has 2 saturated heterocycles. The average Bonchev–Trinajstić information content (AvgIpc) is 2.80. The minimum Gasteiger partial charge on any atom is -0.339 e. The molecule has 4 heteroatoms. The molecule has 0 bridgehead atoms. The first kappa shape index (κ1) is 19.7. The lowest BCUT2D eigenvalue weighted by Crippen LogP contribution is -2.39. The van der Waals surface area contributed by atoms with Gasteiger partial charge in [0.2, 0.25) is 0 Å². The zero-order valence-electron chi connectivity index (χ0n) is 17.1. The van der Waals surface area contributed by atoms with E-state index in [9.17, 15) is 9.59 Å². The Kier molecular flexibility index (Phi) is 6.28. The number of carbonyl (C=O) groups is 2. The van der Waals surface area contributed by atoms with Crippen LogP contribution in [0.15, 0.2) is 54.6 Å². The molecule has 0 unspecified atom stereocenters. The van der Waals surface area contributed by atoms with Crippen molar-refractivity contribution in [3.05, 3.63) is 71.3 Å². The molecule has 2 aromatic carbocycles. The summed E-state index contributed by atoms with van der Waals surface area (Å²) >= 11 is 0. The maximum Gasteiger partial charge on any atom is 0.253 e. The van der Waals surface area contributed by atoms with E-state index in [0.717, 1.165) is 58.3 Å². The summed E-state index contributed by atoms with van der Waals surface area (Å²) < 4.78 is 0. The van der Waals surface area contributed by atoms with Gasteiger partial charge in [-0.3, -0.25) is 9.59 Å². The average molecular weight is 391 g/mol. The number of likely N-dealkylation sites (tertiary alicyclic amines) is 2. The fourth-order valence-corrected chi connectivity index (χ4v) is 4.51. The Hall–Kier alpha value is -2.62. The molecule has 2 aromatic rings. The predicted octanol–water partition coefficient (Wildman–Crippen LogP) is 4.41. The molecule has 4 rings (SSSR count). The second-order valence-electron chi connectivity index (χ2n) is 8.36. The number of benzene rings is 2. The largest absolute Gasteiger partial charge is 0.339 e. The molecule has 0 spiro atoms. The fraction of sp³-hybridized carbons (Fsp3) is 0.440. The summed E-state index contributed by atoms with van der Waals surface area (Å²) in [4.78, 5) is 29.4. The Balaban J connectivity index is 1.31. The lowest BCUT2D eigenvalue weighted by atomic mass is 9.90. The normalized spacial score (nSPS) is 17.9. The van der Waals surface area contributed by atoms with Crippen LogP contribution in [0.25, 0.3) is 0 Å². The van der Waals surface area contributed by atoms with E-state index in [1.165, 1.54) is 12.0 Å². The predicted molar refractivity (Wildman–Crippen MR) is 115 cm³/mol. The Morgan fingerprint density at radius 2 is 1.21 bits per heavy atom. The van der Waals surface area contributed by atoms with Crippen LogP contribution in [0.5, 0.6) is 0 Å². The molecule has 0 radical (unpaired) electrons. The van der Waals surface area contributed by atoms with E-state index in [2.05, 4.69) is 30.3 Å². The van der Waals surface area contributed by atoms with Crippen LogP contribution < -0.4 is 0 Å². The smallest absolute Gasteiger partial charge is 0.253 e. The minimum absolute atomic E-state index is 0.0835. The number of carbonyl (C=O) groups excluding carboxylic acids is 2. The summed E-state index contributed by atoms with van der Waals surface area (Å²) in [5.74, 6) is 0.816. The highest BCUT2D eigenvalue weighted by Crippen LogP contribution is 2.23. The number of piperidine rings is 2. The molecule has 2 aliphatic rings. The van der Waals surface area contributed by atoms with Gasteiger partial charge >= 0.3 is 0 Å². The lowest BCUT2D eigenvalue weighted by Gasteiger charge is -2.32. The van der Waals surface area contributed by atoms with Crippen molar-refractivity contribution in [2.75, 3.05) is 26.2 Å². The third-order valence-electron chi connectivity index (χ3n) is 6.29. The lowest BCUT2D eigenvalue weighted by molar-refractivity contribution is 0.0686. The Bertz CT molecular complexity index is 818. The molecular weight excluding hydrogens is 360 g/mol. The van der Waals surface area contributed by atoms with Gasteiger partial charge in [-0.2, -0.15) is 0 Å². The molecule has 29 heavy (non-hydrogen) atoms. The number of amides is 2. The van der Waals surface area contributed by atoms with E-state index >= 15 is 0 Å². The monoisotopic (exact) mass is 390 g/mol. The Morgan fingerprint density at radius 1 is 0.690 bits per heavy atom. The van der Waals surface area contributed by atoms with Crippen LogP contribution >= 0.6 is 0 Å². The molecule has 2 heterocycles. The summed E-state index contributed by atoms with van der Waals surface area (Å²) in [7, 11) is 0. The SMILES string of the molecule is O=C(c1ccc(C(=O)N2CCC(Cc3ccccc3)CC2)cc1)N1CCCCC1. The van der Waals surface area contributed by atoms with Crippen LogP contribution in [0.4, 0.5) is 0 Å². The summed E-state index contributed by atoms with van der Waals surface area (Å²) in [6.07, 6.45) is 6.57. The Labute approximate surface area is 173 Å². The molecular formula is C25H30N2O2. The number of nitrogens with zero attached hydrogens (tertiary/aromatic N) is 2. The first-order valence-corrected chi connectivity index (χ1v) is 10.9. The molecule has 4 nitrogen and oxygen atoms in total. The van der Waals surface area contributed by atoms with Crippen LogP contribution in [0, 0.1) is 5.92 Å². The highest BCUT2D eigenvalue weighted by molar-refractivity contribution is 5.97. The van der Waals surface area contributed by atoms with Crippen LogP contribution in [0.3, 0.4) is 0 Å². The zero-order chi connectivity index (χ0) is 20.1. The van der Waals surface area contributed by atoms with Gasteiger partial charge in [0.25, 0.3) is 11.8 Å². The molecule has 2 fully saturated rings. The number of hydrogen-bond donors (Lipinski definition) is 0. The van der Waals surface area contributed by atoms with Crippen LogP contribution in [0.1, 0.15) is 58.4 Å². The van der Waals surface area contributed by atoms with E-state index in [1.54, 1.807) is 0 Å². The third kappa shape index (κ3) is 4.87. The molecule has 0 atom stereocenters. The molecule has 0 saturated carbocycles. The van der Waals surface area contributed by atoms with Gasteiger partial charge in [-0.15, -0.1) is 0 Å². The van der Waals surface area contributed by atoms with E-state index in [0.29, 0.717) is 17.0 Å².